The van der Waals surface area contributed by atoms with Gasteiger partial charge in [0.05, 0.1) is 17.0 Å². The maximum Gasteiger partial charge on any atom is 0.337 e. The van der Waals surface area contributed by atoms with Crippen molar-refractivity contribution in [1.29, 1.82) is 0 Å². The Kier molecular flexibility index (Phi) is 4.28. The summed E-state index contributed by atoms with van der Waals surface area (Å²) in [5.74, 6) is -0.549. The number of carbonyl (C=O) groups is 2. The van der Waals surface area contributed by atoms with Crippen LogP contribution in [0.5, 0.6) is 0 Å². The van der Waals surface area contributed by atoms with Gasteiger partial charge >= 0.3 is 5.97 Å². The molecule has 17 heavy (non-hydrogen) atoms. The second-order valence-corrected chi connectivity index (χ2v) is 5.98. The molecule has 4 nitrogen and oxygen atoms in total. The van der Waals surface area contributed by atoms with Crippen LogP contribution in [0.4, 0.5) is 5.69 Å². The summed E-state index contributed by atoms with van der Waals surface area (Å²) in [4.78, 5) is 22.8. The average Bonchev–Trinajstić information content (AvgIpc) is 2.27. The molecule has 1 amide bonds. The number of hydrogen-bond donors (Lipinski definition) is 1. The number of benzene rings is 1. The molecule has 0 saturated carbocycles. The van der Waals surface area contributed by atoms with E-state index in [1.54, 1.807) is 38.1 Å². The first-order valence-electron chi connectivity index (χ1n) is 5.03. The summed E-state index contributed by atoms with van der Waals surface area (Å²) < 4.78 is 3.95. The fourth-order valence-corrected chi connectivity index (χ4v) is 1.19. The zero-order valence-electron chi connectivity index (χ0n) is 9.91. The van der Waals surface area contributed by atoms with Gasteiger partial charge in [0.1, 0.15) is 0 Å². The van der Waals surface area contributed by atoms with Gasteiger partial charge in [-0.1, -0.05) is 15.9 Å². The number of amides is 1. The second-order valence-electron chi connectivity index (χ2n) is 4.00. The van der Waals surface area contributed by atoms with Gasteiger partial charge in [0.2, 0.25) is 5.91 Å². The minimum Gasteiger partial charge on any atom is -0.465 e. The van der Waals surface area contributed by atoms with E-state index in [0.717, 1.165) is 0 Å². The number of halogens is 1. The molecular weight excluding hydrogens is 286 g/mol. The predicted molar refractivity (Wildman–Crippen MR) is 69.4 cm³/mol. The van der Waals surface area contributed by atoms with E-state index < -0.39 is 10.3 Å². The smallest absolute Gasteiger partial charge is 0.337 e. The fourth-order valence-electron chi connectivity index (χ4n) is 1.09. The van der Waals surface area contributed by atoms with Crippen molar-refractivity contribution in [2.24, 2.45) is 0 Å². The number of alkyl halides is 1. The molecule has 0 heterocycles. The zero-order valence-corrected chi connectivity index (χ0v) is 11.5. The van der Waals surface area contributed by atoms with Gasteiger partial charge in [0.25, 0.3) is 0 Å². The molecule has 0 bridgehead atoms. The van der Waals surface area contributed by atoms with Crippen LogP contribution in [-0.4, -0.2) is 23.3 Å². The Bertz CT molecular complexity index is 420. The Morgan fingerprint density at radius 1 is 1.24 bits per heavy atom. The van der Waals surface area contributed by atoms with Gasteiger partial charge in [-0.15, -0.1) is 0 Å². The highest BCUT2D eigenvalue weighted by atomic mass is 79.9. The summed E-state index contributed by atoms with van der Waals surface area (Å²) in [6.45, 7) is 3.51. The molecule has 0 atom stereocenters. The minimum absolute atomic E-state index is 0.150. The summed E-state index contributed by atoms with van der Waals surface area (Å²) in [6, 6.07) is 6.51. The summed E-state index contributed by atoms with van der Waals surface area (Å²) >= 11 is 3.26. The number of nitrogens with one attached hydrogen (secondary N) is 1. The normalized spacial score (nSPS) is 10.8. The lowest BCUT2D eigenvalue weighted by atomic mass is 10.1. The quantitative estimate of drug-likeness (QED) is 0.689. The second kappa shape index (κ2) is 5.31. The SMILES string of the molecule is COC(=O)c1ccc(NC(=O)C(C)(C)Br)cc1. The van der Waals surface area contributed by atoms with Gasteiger partial charge in [0.15, 0.2) is 0 Å². The molecule has 0 aliphatic heterocycles. The van der Waals surface area contributed by atoms with E-state index in [2.05, 4.69) is 26.0 Å². The maximum absolute atomic E-state index is 11.7. The highest BCUT2D eigenvalue weighted by Crippen LogP contribution is 2.19. The van der Waals surface area contributed by atoms with Crippen molar-refractivity contribution in [3.63, 3.8) is 0 Å². The summed E-state index contributed by atoms with van der Waals surface area (Å²) in [6.07, 6.45) is 0. The third-order valence-corrected chi connectivity index (χ3v) is 2.46. The molecule has 1 N–H and O–H groups in total. The van der Waals surface area contributed by atoms with Crippen molar-refractivity contribution in [1.82, 2.24) is 0 Å². The summed E-state index contributed by atoms with van der Waals surface area (Å²) in [5.41, 5.74) is 1.08. The Morgan fingerprint density at radius 2 is 1.76 bits per heavy atom. The molecule has 0 aliphatic rings. The number of ether oxygens (including phenoxy) is 1. The minimum atomic E-state index is -0.631. The largest absolute Gasteiger partial charge is 0.465 e. The highest BCUT2D eigenvalue weighted by Gasteiger charge is 2.23. The first-order chi connectivity index (χ1) is 7.84. The van der Waals surface area contributed by atoms with Crippen molar-refractivity contribution in [3.8, 4) is 0 Å². The van der Waals surface area contributed by atoms with E-state index in [9.17, 15) is 9.59 Å². The van der Waals surface area contributed by atoms with Gasteiger partial charge in [-0.25, -0.2) is 4.79 Å². The molecule has 0 saturated heterocycles. The third-order valence-electron chi connectivity index (χ3n) is 2.10. The van der Waals surface area contributed by atoms with Crippen molar-refractivity contribution in [2.75, 3.05) is 12.4 Å². The average molecular weight is 300 g/mol. The van der Waals surface area contributed by atoms with E-state index in [-0.39, 0.29) is 5.91 Å². The van der Waals surface area contributed by atoms with Crippen molar-refractivity contribution in [3.05, 3.63) is 29.8 Å². The Balaban J connectivity index is 2.76. The molecule has 0 aliphatic carbocycles. The topological polar surface area (TPSA) is 55.4 Å². The fraction of sp³-hybridized carbons (Fsp3) is 0.333. The Hall–Kier alpha value is -1.36. The molecule has 0 radical (unpaired) electrons. The van der Waals surface area contributed by atoms with E-state index >= 15 is 0 Å². The molecule has 1 aromatic carbocycles. The number of methoxy groups -OCH3 is 1. The first kappa shape index (κ1) is 13.7. The Labute approximate surface area is 108 Å². The van der Waals surface area contributed by atoms with Crippen LogP contribution in [-0.2, 0) is 9.53 Å². The van der Waals surface area contributed by atoms with Gasteiger partial charge in [-0.05, 0) is 38.1 Å². The van der Waals surface area contributed by atoms with E-state index in [4.69, 9.17) is 0 Å². The van der Waals surface area contributed by atoms with Gasteiger partial charge < -0.3 is 10.1 Å². The lowest BCUT2D eigenvalue weighted by molar-refractivity contribution is -0.117. The van der Waals surface area contributed by atoms with E-state index in [1.807, 2.05) is 0 Å². The monoisotopic (exact) mass is 299 g/mol. The van der Waals surface area contributed by atoms with Crippen LogP contribution in [0.15, 0.2) is 24.3 Å². The van der Waals surface area contributed by atoms with Crippen LogP contribution in [0.2, 0.25) is 0 Å². The van der Waals surface area contributed by atoms with E-state index in [0.29, 0.717) is 11.3 Å². The predicted octanol–water partition coefficient (Wildman–Crippen LogP) is 2.59. The van der Waals surface area contributed by atoms with Gasteiger partial charge in [0, 0.05) is 5.69 Å². The molecular formula is C12H14BrNO3. The molecule has 0 fully saturated rings. The van der Waals surface area contributed by atoms with Crippen LogP contribution in [0, 0.1) is 0 Å². The number of hydrogen-bond acceptors (Lipinski definition) is 3. The lowest BCUT2D eigenvalue weighted by Gasteiger charge is -2.15. The van der Waals surface area contributed by atoms with Crippen LogP contribution in [0.25, 0.3) is 0 Å². The first-order valence-corrected chi connectivity index (χ1v) is 5.82. The number of esters is 1. The Morgan fingerprint density at radius 3 is 2.18 bits per heavy atom. The van der Waals surface area contributed by atoms with Gasteiger partial charge in [-0.2, -0.15) is 0 Å². The third kappa shape index (κ3) is 3.85. The molecule has 5 heteroatoms. The van der Waals surface area contributed by atoms with Crippen LogP contribution >= 0.6 is 15.9 Å². The van der Waals surface area contributed by atoms with Crippen LogP contribution in [0.1, 0.15) is 24.2 Å². The highest BCUT2D eigenvalue weighted by molar-refractivity contribution is 9.10. The number of rotatable bonds is 3. The zero-order chi connectivity index (χ0) is 13.1. The molecule has 1 rings (SSSR count). The number of anilines is 1. The summed E-state index contributed by atoms with van der Waals surface area (Å²) in [7, 11) is 1.32. The lowest BCUT2D eigenvalue weighted by Crippen LogP contribution is -2.30. The molecule has 92 valence electrons. The van der Waals surface area contributed by atoms with E-state index in [1.165, 1.54) is 7.11 Å². The standard InChI is InChI=1S/C12H14BrNO3/c1-12(2,13)11(16)14-9-6-4-8(5-7-9)10(15)17-3/h4-7H,1-3H3,(H,14,16). The van der Waals surface area contributed by atoms with Crippen LogP contribution < -0.4 is 5.32 Å². The number of carbonyl (C=O) groups excluding carboxylic acids is 2. The molecule has 0 unspecified atom stereocenters. The van der Waals surface area contributed by atoms with Crippen molar-refractivity contribution >= 4 is 33.5 Å². The summed E-state index contributed by atoms with van der Waals surface area (Å²) in [5, 5.41) is 2.73. The van der Waals surface area contributed by atoms with Crippen molar-refractivity contribution < 1.29 is 14.3 Å². The molecule has 1 aromatic rings. The van der Waals surface area contributed by atoms with Crippen LogP contribution in [0.3, 0.4) is 0 Å². The molecule has 0 aromatic heterocycles. The van der Waals surface area contributed by atoms with Gasteiger partial charge in [-0.3, -0.25) is 4.79 Å². The molecule has 0 spiro atoms. The van der Waals surface area contributed by atoms with Crippen molar-refractivity contribution in [2.45, 2.75) is 18.2 Å². The maximum atomic E-state index is 11.7.